The van der Waals surface area contributed by atoms with Crippen LogP contribution < -0.4 is 5.32 Å². The van der Waals surface area contributed by atoms with Crippen LogP contribution in [0, 0.1) is 6.92 Å². The topological polar surface area (TPSA) is 42.2 Å². The minimum Gasteiger partial charge on any atom is -0.451 e. The van der Waals surface area contributed by atoms with E-state index in [9.17, 15) is 4.79 Å². The number of amides is 1. The predicted molar refractivity (Wildman–Crippen MR) is 88.3 cm³/mol. The number of nitrogens with one attached hydrogen (secondary N) is 1. The number of carbonyl (C=O) groups is 1. The predicted octanol–water partition coefficient (Wildman–Crippen LogP) is 5.16. The number of halogens is 1. The molecule has 2 aromatic carbocycles. The van der Waals surface area contributed by atoms with E-state index < -0.39 is 0 Å². The first kappa shape index (κ1) is 14.4. The first-order valence-corrected chi connectivity index (χ1v) is 7.23. The van der Waals surface area contributed by atoms with Crippen LogP contribution in [0.15, 0.2) is 65.1 Å². The summed E-state index contributed by atoms with van der Waals surface area (Å²) in [4.78, 5) is 12.2. The van der Waals surface area contributed by atoms with Crippen LogP contribution >= 0.6 is 11.6 Å². The van der Waals surface area contributed by atoms with Crippen LogP contribution in [0.1, 0.15) is 16.1 Å². The Balaban J connectivity index is 1.80. The third-order valence-electron chi connectivity index (χ3n) is 3.21. The molecule has 3 rings (SSSR count). The third kappa shape index (κ3) is 3.21. The van der Waals surface area contributed by atoms with Gasteiger partial charge in [0, 0.05) is 16.3 Å². The van der Waals surface area contributed by atoms with Crippen LogP contribution in [-0.4, -0.2) is 5.91 Å². The number of benzene rings is 2. The average molecular weight is 312 g/mol. The number of aryl methyl sites for hydroxylation is 1. The fourth-order valence-electron chi connectivity index (χ4n) is 2.17. The summed E-state index contributed by atoms with van der Waals surface area (Å²) in [5, 5.41) is 3.44. The largest absolute Gasteiger partial charge is 0.451 e. The molecule has 4 heteroatoms. The molecule has 0 fully saturated rings. The number of hydrogen-bond acceptors (Lipinski definition) is 2. The SMILES string of the molecule is Cc1cccc(NC(=O)c2ccc(-c3cccc(Cl)c3)o2)c1. The second-order valence-corrected chi connectivity index (χ2v) is 5.43. The highest BCUT2D eigenvalue weighted by Crippen LogP contribution is 2.25. The Morgan fingerprint density at radius 3 is 2.64 bits per heavy atom. The van der Waals surface area contributed by atoms with Crippen molar-refractivity contribution in [1.82, 2.24) is 0 Å². The molecule has 3 aromatic rings. The number of furan rings is 1. The van der Waals surface area contributed by atoms with Gasteiger partial charge in [-0.1, -0.05) is 35.9 Å². The molecule has 0 atom stereocenters. The lowest BCUT2D eigenvalue weighted by Gasteiger charge is -2.04. The van der Waals surface area contributed by atoms with Gasteiger partial charge in [0.15, 0.2) is 5.76 Å². The zero-order valence-corrected chi connectivity index (χ0v) is 12.7. The van der Waals surface area contributed by atoms with E-state index in [0.29, 0.717) is 10.8 Å². The summed E-state index contributed by atoms with van der Waals surface area (Å²) in [6.07, 6.45) is 0. The van der Waals surface area contributed by atoms with E-state index in [0.717, 1.165) is 16.8 Å². The van der Waals surface area contributed by atoms with E-state index in [1.807, 2.05) is 43.3 Å². The Hall–Kier alpha value is -2.52. The first-order chi connectivity index (χ1) is 10.6. The first-order valence-electron chi connectivity index (χ1n) is 6.85. The van der Waals surface area contributed by atoms with Crippen molar-refractivity contribution in [2.45, 2.75) is 6.92 Å². The molecule has 0 saturated heterocycles. The Kier molecular flexibility index (Phi) is 3.98. The van der Waals surface area contributed by atoms with Crippen LogP contribution in [0.4, 0.5) is 5.69 Å². The van der Waals surface area contributed by atoms with E-state index in [-0.39, 0.29) is 11.7 Å². The monoisotopic (exact) mass is 311 g/mol. The van der Waals surface area contributed by atoms with Crippen molar-refractivity contribution in [3.8, 4) is 11.3 Å². The number of carbonyl (C=O) groups excluding carboxylic acids is 1. The van der Waals surface area contributed by atoms with Gasteiger partial charge in [-0.05, 0) is 48.9 Å². The second-order valence-electron chi connectivity index (χ2n) is 5.00. The molecule has 0 unspecified atom stereocenters. The summed E-state index contributed by atoms with van der Waals surface area (Å²) in [5.41, 5.74) is 2.66. The molecule has 110 valence electrons. The van der Waals surface area contributed by atoms with E-state index in [2.05, 4.69) is 5.32 Å². The highest BCUT2D eigenvalue weighted by molar-refractivity contribution is 6.30. The van der Waals surface area contributed by atoms with Gasteiger partial charge in [0.25, 0.3) is 5.91 Å². The highest BCUT2D eigenvalue weighted by Gasteiger charge is 2.12. The van der Waals surface area contributed by atoms with Crippen molar-refractivity contribution < 1.29 is 9.21 Å². The highest BCUT2D eigenvalue weighted by atomic mass is 35.5. The molecule has 0 bridgehead atoms. The van der Waals surface area contributed by atoms with Crippen LogP contribution in [0.5, 0.6) is 0 Å². The lowest BCUT2D eigenvalue weighted by atomic mass is 10.2. The van der Waals surface area contributed by atoms with Crippen LogP contribution in [-0.2, 0) is 0 Å². The zero-order chi connectivity index (χ0) is 15.5. The van der Waals surface area contributed by atoms with Gasteiger partial charge in [-0.2, -0.15) is 0 Å². The molecule has 0 saturated carbocycles. The Bertz CT molecular complexity index is 823. The molecule has 0 aliphatic carbocycles. The van der Waals surface area contributed by atoms with Gasteiger partial charge in [0.1, 0.15) is 5.76 Å². The molecule has 1 aromatic heterocycles. The van der Waals surface area contributed by atoms with Gasteiger partial charge < -0.3 is 9.73 Å². The van der Waals surface area contributed by atoms with Crippen molar-refractivity contribution in [3.63, 3.8) is 0 Å². The molecule has 22 heavy (non-hydrogen) atoms. The normalized spacial score (nSPS) is 10.5. The molecule has 3 nitrogen and oxygen atoms in total. The summed E-state index contributed by atoms with van der Waals surface area (Å²) in [6, 6.07) is 18.3. The van der Waals surface area contributed by atoms with Crippen LogP contribution in [0.2, 0.25) is 5.02 Å². The van der Waals surface area contributed by atoms with E-state index in [1.54, 1.807) is 24.3 Å². The minimum absolute atomic E-state index is 0.261. The summed E-state index contributed by atoms with van der Waals surface area (Å²) in [7, 11) is 0. The fraction of sp³-hybridized carbons (Fsp3) is 0.0556. The summed E-state index contributed by atoms with van der Waals surface area (Å²) in [5.74, 6) is 0.590. The van der Waals surface area contributed by atoms with E-state index in [4.69, 9.17) is 16.0 Å². The smallest absolute Gasteiger partial charge is 0.291 e. The molecule has 0 radical (unpaired) electrons. The molecule has 1 amide bonds. The summed E-state index contributed by atoms with van der Waals surface area (Å²) in [6.45, 7) is 1.97. The fourth-order valence-corrected chi connectivity index (χ4v) is 2.36. The maximum atomic E-state index is 12.2. The number of rotatable bonds is 3. The summed E-state index contributed by atoms with van der Waals surface area (Å²) < 4.78 is 5.62. The summed E-state index contributed by atoms with van der Waals surface area (Å²) >= 11 is 5.97. The van der Waals surface area contributed by atoms with Crippen molar-refractivity contribution in [1.29, 1.82) is 0 Å². The van der Waals surface area contributed by atoms with Gasteiger partial charge >= 0.3 is 0 Å². The average Bonchev–Trinajstić information content (AvgIpc) is 2.97. The van der Waals surface area contributed by atoms with Crippen molar-refractivity contribution >= 4 is 23.2 Å². The van der Waals surface area contributed by atoms with Crippen LogP contribution in [0.3, 0.4) is 0 Å². The van der Waals surface area contributed by atoms with Gasteiger partial charge in [0.05, 0.1) is 0 Å². The van der Waals surface area contributed by atoms with Crippen molar-refractivity contribution in [3.05, 3.63) is 77.0 Å². The lowest BCUT2D eigenvalue weighted by molar-refractivity contribution is 0.0997. The van der Waals surface area contributed by atoms with Crippen LogP contribution in [0.25, 0.3) is 11.3 Å². The molecule has 1 N–H and O–H groups in total. The third-order valence-corrected chi connectivity index (χ3v) is 3.45. The molecule has 0 spiro atoms. The Morgan fingerprint density at radius 2 is 1.86 bits per heavy atom. The lowest BCUT2D eigenvalue weighted by Crippen LogP contribution is -2.10. The maximum Gasteiger partial charge on any atom is 0.291 e. The van der Waals surface area contributed by atoms with E-state index in [1.165, 1.54) is 0 Å². The van der Waals surface area contributed by atoms with Gasteiger partial charge in [0.2, 0.25) is 0 Å². The Labute approximate surface area is 133 Å². The minimum atomic E-state index is -0.279. The Morgan fingerprint density at radius 1 is 1.05 bits per heavy atom. The second kappa shape index (κ2) is 6.08. The molecular weight excluding hydrogens is 298 g/mol. The quantitative estimate of drug-likeness (QED) is 0.726. The zero-order valence-electron chi connectivity index (χ0n) is 12.0. The van der Waals surface area contributed by atoms with E-state index >= 15 is 0 Å². The number of hydrogen-bond donors (Lipinski definition) is 1. The van der Waals surface area contributed by atoms with Gasteiger partial charge in [-0.25, -0.2) is 0 Å². The molecule has 1 heterocycles. The standard InChI is InChI=1S/C18H14ClNO2/c1-12-4-2-7-15(10-12)20-18(21)17-9-8-16(22-17)13-5-3-6-14(19)11-13/h2-11H,1H3,(H,20,21). The van der Waals surface area contributed by atoms with Gasteiger partial charge in [-0.3, -0.25) is 4.79 Å². The molecular formula is C18H14ClNO2. The van der Waals surface area contributed by atoms with Crippen molar-refractivity contribution in [2.75, 3.05) is 5.32 Å². The van der Waals surface area contributed by atoms with Crippen molar-refractivity contribution in [2.24, 2.45) is 0 Å². The molecule has 0 aliphatic heterocycles. The van der Waals surface area contributed by atoms with Gasteiger partial charge in [-0.15, -0.1) is 0 Å². The molecule has 0 aliphatic rings. The number of anilines is 1. The maximum absolute atomic E-state index is 12.2.